The van der Waals surface area contributed by atoms with Gasteiger partial charge in [-0.05, 0) is 12.1 Å². The zero-order chi connectivity index (χ0) is 9.26. The van der Waals surface area contributed by atoms with E-state index in [2.05, 4.69) is 10.3 Å². The number of nitrogens with one attached hydrogen (secondary N) is 1. The van der Waals surface area contributed by atoms with E-state index >= 15 is 0 Å². The smallest absolute Gasteiger partial charge is 0.0966 e. The maximum atomic E-state index is 7.18. The lowest BCUT2D eigenvalue weighted by molar-refractivity contribution is 0.816. The van der Waals surface area contributed by atoms with Crippen molar-refractivity contribution in [2.45, 2.75) is 6.42 Å². The van der Waals surface area contributed by atoms with Crippen LogP contribution in [0.3, 0.4) is 0 Å². The largest absolute Gasteiger partial charge is 0.387 e. The van der Waals surface area contributed by atoms with Crippen molar-refractivity contribution in [2.24, 2.45) is 5.73 Å². The molecule has 0 saturated carbocycles. The Morgan fingerprint density at radius 2 is 2.38 bits per heavy atom. The highest BCUT2D eigenvalue weighted by Crippen LogP contribution is 2.04. The Morgan fingerprint density at radius 1 is 1.54 bits per heavy atom. The molecule has 0 bridgehead atoms. The summed E-state index contributed by atoms with van der Waals surface area (Å²) in [6.45, 7) is 0. The Bertz CT molecular complexity index is 444. The summed E-state index contributed by atoms with van der Waals surface area (Å²) in [6, 6.07) is 5.68. The third kappa shape index (κ3) is 1.35. The van der Waals surface area contributed by atoms with E-state index in [4.69, 9.17) is 11.1 Å². The average Bonchev–Trinajstić information content (AvgIpc) is 2.51. The van der Waals surface area contributed by atoms with Crippen molar-refractivity contribution in [3.8, 4) is 0 Å². The van der Waals surface area contributed by atoms with Crippen LogP contribution in [0.25, 0.3) is 5.52 Å². The summed E-state index contributed by atoms with van der Waals surface area (Å²) < 4.78 is 1.68. The van der Waals surface area contributed by atoms with Gasteiger partial charge in [0, 0.05) is 6.42 Å². The van der Waals surface area contributed by atoms with Gasteiger partial charge in [0.05, 0.1) is 23.2 Å². The quantitative estimate of drug-likeness (QED) is 0.505. The molecule has 0 spiro atoms. The first-order valence-electron chi connectivity index (χ1n) is 3.88. The Hall–Kier alpha value is -1.91. The molecule has 0 aromatic carbocycles. The number of nitrogens with two attached hydrogens (primary N) is 1. The van der Waals surface area contributed by atoms with Gasteiger partial charge in [0.1, 0.15) is 0 Å². The van der Waals surface area contributed by atoms with Crippen molar-refractivity contribution in [3.05, 3.63) is 30.1 Å². The second-order valence-corrected chi connectivity index (χ2v) is 2.79. The topological polar surface area (TPSA) is 80.1 Å². The van der Waals surface area contributed by atoms with E-state index < -0.39 is 0 Å². The number of amidine groups is 1. The van der Waals surface area contributed by atoms with Gasteiger partial charge < -0.3 is 5.73 Å². The van der Waals surface area contributed by atoms with Crippen LogP contribution >= 0.6 is 0 Å². The first kappa shape index (κ1) is 7.72. The Balaban J connectivity index is 2.54. The predicted octanol–water partition coefficient (Wildman–Crippen LogP) is 0.208. The molecule has 0 aliphatic rings. The minimum absolute atomic E-state index is 0.128. The van der Waals surface area contributed by atoms with Crippen molar-refractivity contribution in [3.63, 3.8) is 0 Å². The van der Waals surface area contributed by atoms with Gasteiger partial charge in [-0.1, -0.05) is 11.3 Å². The van der Waals surface area contributed by atoms with Crippen LogP contribution in [0.5, 0.6) is 0 Å². The third-order valence-electron chi connectivity index (χ3n) is 1.77. The molecule has 2 heterocycles. The minimum atomic E-state index is 0.128. The molecule has 5 nitrogen and oxygen atoms in total. The third-order valence-corrected chi connectivity index (χ3v) is 1.77. The van der Waals surface area contributed by atoms with Crippen LogP contribution in [0.2, 0.25) is 0 Å². The molecule has 3 N–H and O–H groups in total. The van der Waals surface area contributed by atoms with Crippen LogP contribution in [0.1, 0.15) is 5.69 Å². The molecule has 2 aromatic rings. The lowest BCUT2D eigenvalue weighted by Crippen LogP contribution is -2.15. The normalized spacial score (nSPS) is 10.5. The number of aromatic nitrogens is 3. The molecule has 2 rings (SSSR count). The first-order chi connectivity index (χ1) is 6.27. The molecule has 0 radical (unpaired) electrons. The first-order valence-corrected chi connectivity index (χ1v) is 3.88. The van der Waals surface area contributed by atoms with Gasteiger partial charge in [0.2, 0.25) is 0 Å². The summed E-state index contributed by atoms with van der Waals surface area (Å²) in [6.07, 6.45) is 2.07. The highest BCUT2D eigenvalue weighted by atomic mass is 15.4. The summed E-state index contributed by atoms with van der Waals surface area (Å²) in [4.78, 5) is 0. The minimum Gasteiger partial charge on any atom is -0.387 e. The molecule has 0 fully saturated rings. The number of fused-ring (bicyclic) bond motifs is 1. The molecule has 0 aliphatic heterocycles. The van der Waals surface area contributed by atoms with E-state index in [0.717, 1.165) is 11.2 Å². The number of rotatable bonds is 2. The van der Waals surface area contributed by atoms with Gasteiger partial charge in [-0.2, -0.15) is 0 Å². The summed E-state index contributed by atoms with van der Waals surface area (Å²) in [5.74, 6) is 0.128. The van der Waals surface area contributed by atoms with E-state index in [1.807, 2.05) is 18.2 Å². The maximum absolute atomic E-state index is 7.18. The Labute approximate surface area is 74.7 Å². The van der Waals surface area contributed by atoms with E-state index in [0.29, 0.717) is 6.42 Å². The van der Waals surface area contributed by atoms with Crippen molar-refractivity contribution < 1.29 is 0 Å². The van der Waals surface area contributed by atoms with Gasteiger partial charge in [-0.15, -0.1) is 5.10 Å². The molecule has 0 amide bonds. The Morgan fingerprint density at radius 3 is 3.15 bits per heavy atom. The van der Waals surface area contributed by atoms with Crippen LogP contribution in [0.4, 0.5) is 0 Å². The molecule has 5 heteroatoms. The molecule has 13 heavy (non-hydrogen) atoms. The van der Waals surface area contributed by atoms with E-state index in [1.54, 1.807) is 10.7 Å². The van der Waals surface area contributed by atoms with Gasteiger partial charge in [-0.25, -0.2) is 4.52 Å². The Kier molecular flexibility index (Phi) is 1.70. The van der Waals surface area contributed by atoms with Gasteiger partial charge >= 0.3 is 0 Å². The highest BCUT2D eigenvalue weighted by Gasteiger charge is 2.01. The lowest BCUT2D eigenvalue weighted by Gasteiger charge is -2.01. The number of pyridine rings is 1. The fourth-order valence-corrected chi connectivity index (χ4v) is 1.24. The van der Waals surface area contributed by atoms with Crippen LogP contribution in [-0.4, -0.2) is 20.7 Å². The number of hydrogen-bond donors (Lipinski definition) is 2. The van der Waals surface area contributed by atoms with Gasteiger partial charge in [-0.3, -0.25) is 5.41 Å². The summed E-state index contributed by atoms with van der Waals surface area (Å²) >= 11 is 0. The van der Waals surface area contributed by atoms with Crippen LogP contribution in [0.15, 0.2) is 24.4 Å². The molecule has 0 aliphatic carbocycles. The summed E-state index contributed by atoms with van der Waals surface area (Å²) in [5.41, 5.74) is 7.10. The molecule has 0 unspecified atom stereocenters. The molecule has 66 valence electrons. The molecule has 0 saturated heterocycles. The monoisotopic (exact) mass is 175 g/mol. The molecular weight excluding hydrogens is 166 g/mol. The van der Waals surface area contributed by atoms with Crippen LogP contribution < -0.4 is 5.73 Å². The molecule has 0 atom stereocenters. The van der Waals surface area contributed by atoms with Crippen molar-refractivity contribution in [1.29, 1.82) is 5.41 Å². The van der Waals surface area contributed by atoms with Gasteiger partial charge in [0.15, 0.2) is 0 Å². The molecule has 2 aromatic heterocycles. The van der Waals surface area contributed by atoms with E-state index in [1.165, 1.54) is 0 Å². The fourth-order valence-electron chi connectivity index (χ4n) is 1.24. The summed E-state index contributed by atoms with van der Waals surface area (Å²) in [5, 5.41) is 14.8. The zero-order valence-corrected chi connectivity index (χ0v) is 6.94. The SMILES string of the molecule is N=C(N)Cc1cccc2cnnn12. The average molecular weight is 175 g/mol. The highest BCUT2D eigenvalue weighted by molar-refractivity contribution is 5.79. The maximum Gasteiger partial charge on any atom is 0.0966 e. The lowest BCUT2D eigenvalue weighted by atomic mass is 10.2. The number of nitrogens with zero attached hydrogens (tertiary/aromatic N) is 3. The van der Waals surface area contributed by atoms with Crippen molar-refractivity contribution in [2.75, 3.05) is 0 Å². The number of hydrogen-bond acceptors (Lipinski definition) is 3. The van der Waals surface area contributed by atoms with Crippen LogP contribution in [-0.2, 0) is 6.42 Å². The van der Waals surface area contributed by atoms with Gasteiger partial charge in [0.25, 0.3) is 0 Å². The zero-order valence-electron chi connectivity index (χ0n) is 6.94. The molecular formula is C8H9N5. The fraction of sp³-hybridized carbons (Fsp3) is 0.125. The van der Waals surface area contributed by atoms with Crippen molar-refractivity contribution >= 4 is 11.4 Å². The second-order valence-electron chi connectivity index (χ2n) is 2.79. The van der Waals surface area contributed by atoms with Crippen LogP contribution in [0, 0.1) is 5.41 Å². The van der Waals surface area contributed by atoms with E-state index in [-0.39, 0.29) is 5.84 Å². The standard InChI is InChI=1S/C8H9N5/c9-8(10)4-6-2-1-3-7-5-11-12-13(6)7/h1-3,5H,4H2,(H3,9,10). The van der Waals surface area contributed by atoms with Crippen molar-refractivity contribution in [1.82, 2.24) is 14.8 Å². The summed E-state index contributed by atoms with van der Waals surface area (Å²) in [7, 11) is 0. The second kappa shape index (κ2) is 2.85. The predicted molar refractivity (Wildman–Crippen MR) is 48.6 cm³/mol. The van der Waals surface area contributed by atoms with E-state index in [9.17, 15) is 0 Å².